The molecule has 0 saturated heterocycles. The van der Waals surface area contributed by atoms with Crippen LogP contribution >= 0.6 is 11.6 Å². The van der Waals surface area contributed by atoms with Crippen molar-refractivity contribution >= 4 is 28.5 Å². The lowest BCUT2D eigenvalue weighted by atomic mass is 10.1. The van der Waals surface area contributed by atoms with Gasteiger partial charge in [0.15, 0.2) is 0 Å². The van der Waals surface area contributed by atoms with Crippen LogP contribution < -0.4 is 0 Å². The number of carboxylic acid groups (broad SMARTS) is 1. The maximum absolute atomic E-state index is 10.9. The smallest absolute Gasteiger partial charge is 0.307 e. The number of aryl methyl sites for hydroxylation is 1. The molecule has 2 aromatic rings. The molecule has 3 nitrogen and oxygen atoms in total. The summed E-state index contributed by atoms with van der Waals surface area (Å²) in [5.41, 5.74) is 2.87. The number of aliphatic carboxylic acids is 1. The van der Waals surface area contributed by atoms with E-state index >= 15 is 0 Å². The highest BCUT2D eigenvalue weighted by atomic mass is 35.5. The molecule has 0 saturated carbocycles. The van der Waals surface area contributed by atoms with E-state index in [0.29, 0.717) is 5.02 Å². The van der Waals surface area contributed by atoms with Crippen molar-refractivity contribution in [2.75, 3.05) is 0 Å². The summed E-state index contributed by atoms with van der Waals surface area (Å²) in [6.07, 6.45) is 1.96. The van der Waals surface area contributed by atoms with Gasteiger partial charge in [-0.3, -0.25) is 4.79 Å². The fourth-order valence-corrected chi connectivity index (χ4v) is 2.43. The van der Waals surface area contributed by atoms with Gasteiger partial charge in [0.05, 0.1) is 11.9 Å². The van der Waals surface area contributed by atoms with Gasteiger partial charge in [-0.2, -0.15) is 0 Å². The molecule has 2 rings (SSSR count). The van der Waals surface area contributed by atoms with Crippen molar-refractivity contribution in [2.24, 2.45) is 0 Å². The summed E-state index contributed by atoms with van der Waals surface area (Å²) in [5.74, 6) is -0.814. The Balaban J connectivity index is 2.76. The molecule has 96 valence electrons. The molecule has 0 aliphatic heterocycles. The molecular formula is C14H16ClNO2. The second-order valence-corrected chi connectivity index (χ2v) is 5.20. The Morgan fingerprint density at radius 2 is 2.11 bits per heavy atom. The molecule has 0 bridgehead atoms. The minimum Gasteiger partial charge on any atom is -0.481 e. The minimum atomic E-state index is -0.814. The molecule has 1 aromatic carbocycles. The Morgan fingerprint density at radius 1 is 1.44 bits per heavy atom. The maximum Gasteiger partial charge on any atom is 0.307 e. The Bertz CT molecular complexity index is 614. The number of nitrogens with zero attached hydrogens (tertiary/aromatic N) is 1. The Kier molecular flexibility index (Phi) is 3.35. The Hall–Kier alpha value is -1.48. The van der Waals surface area contributed by atoms with Gasteiger partial charge >= 0.3 is 5.97 Å². The quantitative estimate of drug-likeness (QED) is 0.917. The summed E-state index contributed by atoms with van der Waals surface area (Å²) in [4.78, 5) is 10.9. The first kappa shape index (κ1) is 13.0. The summed E-state index contributed by atoms with van der Waals surface area (Å²) >= 11 is 6.15. The molecule has 0 radical (unpaired) electrons. The minimum absolute atomic E-state index is 0.0390. The first-order valence-electron chi connectivity index (χ1n) is 5.92. The predicted molar refractivity (Wildman–Crippen MR) is 73.4 cm³/mol. The fraction of sp³-hybridized carbons (Fsp3) is 0.357. The van der Waals surface area contributed by atoms with Crippen molar-refractivity contribution in [1.82, 2.24) is 4.57 Å². The van der Waals surface area contributed by atoms with E-state index in [1.165, 1.54) is 0 Å². The molecule has 1 N–H and O–H groups in total. The van der Waals surface area contributed by atoms with Crippen LogP contribution in [0.5, 0.6) is 0 Å². The van der Waals surface area contributed by atoms with Crippen molar-refractivity contribution < 1.29 is 9.90 Å². The number of hydrogen-bond acceptors (Lipinski definition) is 1. The normalized spacial score (nSPS) is 11.4. The van der Waals surface area contributed by atoms with Crippen LogP contribution in [0.3, 0.4) is 0 Å². The van der Waals surface area contributed by atoms with Crippen LogP contribution in [-0.2, 0) is 11.2 Å². The van der Waals surface area contributed by atoms with Crippen LogP contribution in [0.25, 0.3) is 10.9 Å². The van der Waals surface area contributed by atoms with E-state index in [9.17, 15) is 4.79 Å². The highest BCUT2D eigenvalue weighted by Crippen LogP contribution is 2.31. The Labute approximate surface area is 111 Å². The van der Waals surface area contributed by atoms with E-state index in [1.54, 1.807) is 0 Å². The van der Waals surface area contributed by atoms with Crippen LogP contribution in [0.2, 0.25) is 5.02 Å². The summed E-state index contributed by atoms with van der Waals surface area (Å²) in [5, 5.41) is 10.7. The number of carbonyl (C=O) groups is 1. The maximum atomic E-state index is 10.9. The fourth-order valence-electron chi connectivity index (χ4n) is 2.28. The van der Waals surface area contributed by atoms with Crippen LogP contribution in [0.4, 0.5) is 0 Å². The van der Waals surface area contributed by atoms with Crippen molar-refractivity contribution in [3.05, 3.63) is 34.5 Å². The molecule has 18 heavy (non-hydrogen) atoms. The average Bonchev–Trinajstić information content (AvgIpc) is 2.62. The second-order valence-electron chi connectivity index (χ2n) is 4.79. The van der Waals surface area contributed by atoms with Crippen LogP contribution in [0.1, 0.15) is 31.0 Å². The number of rotatable bonds is 3. The van der Waals surface area contributed by atoms with Gasteiger partial charge in [0, 0.05) is 22.6 Å². The van der Waals surface area contributed by atoms with Gasteiger partial charge < -0.3 is 9.67 Å². The third-order valence-corrected chi connectivity index (χ3v) is 3.57. The zero-order valence-corrected chi connectivity index (χ0v) is 11.5. The lowest BCUT2D eigenvalue weighted by Crippen LogP contribution is -2.00. The molecule has 0 atom stereocenters. The third kappa shape index (κ3) is 2.10. The zero-order valence-electron chi connectivity index (χ0n) is 10.7. The summed E-state index contributed by atoms with van der Waals surface area (Å²) in [6.45, 7) is 6.11. The summed E-state index contributed by atoms with van der Waals surface area (Å²) < 4.78 is 2.09. The van der Waals surface area contributed by atoms with Crippen molar-refractivity contribution in [3.8, 4) is 0 Å². The van der Waals surface area contributed by atoms with Gasteiger partial charge in [-0.1, -0.05) is 17.7 Å². The first-order valence-corrected chi connectivity index (χ1v) is 6.30. The molecule has 0 aliphatic carbocycles. The van der Waals surface area contributed by atoms with Gasteiger partial charge in [-0.25, -0.2) is 0 Å². The SMILES string of the molecule is Cc1c(Cl)ccc2c(CC(=O)O)cn(C(C)C)c12. The second kappa shape index (κ2) is 4.65. The van der Waals surface area contributed by atoms with Gasteiger partial charge in [0.25, 0.3) is 0 Å². The van der Waals surface area contributed by atoms with Crippen LogP contribution in [0.15, 0.2) is 18.3 Å². The largest absolute Gasteiger partial charge is 0.481 e. The zero-order chi connectivity index (χ0) is 13.4. The highest BCUT2D eigenvalue weighted by Gasteiger charge is 2.15. The number of benzene rings is 1. The third-order valence-electron chi connectivity index (χ3n) is 3.16. The van der Waals surface area contributed by atoms with Crippen LogP contribution in [-0.4, -0.2) is 15.6 Å². The van der Waals surface area contributed by atoms with Crippen molar-refractivity contribution in [3.63, 3.8) is 0 Å². The number of halogens is 1. The molecule has 4 heteroatoms. The van der Waals surface area contributed by atoms with E-state index in [4.69, 9.17) is 16.7 Å². The van der Waals surface area contributed by atoms with E-state index in [2.05, 4.69) is 18.4 Å². The van der Waals surface area contributed by atoms with E-state index in [0.717, 1.165) is 22.0 Å². The molecule has 0 unspecified atom stereocenters. The number of hydrogen-bond donors (Lipinski definition) is 1. The molecule has 1 heterocycles. The molecular weight excluding hydrogens is 250 g/mol. The number of carboxylic acids is 1. The van der Waals surface area contributed by atoms with E-state index < -0.39 is 5.97 Å². The average molecular weight is 266 g/mol. The van der Waals surface area contributed by atoms with Gasteiger partial charge in [0.1, 0.15) is 0 Å². The van der Waals surface area contributed by atoms with Crippen molar-refractivity contribution in [2.45, 2.75) is 33.2 Å². The predicted octanol–water partition coefficient (Wildman–Crippen LogP) is 3.81. The summed E-state index contributed by atoms with van der Waals surface area (Å²) in [7, 11) is 0. The Morgan fingerprint density at radius 3 is 2.67 bits per heavy atom. The van der Waals surface area contributed by atoms with Crippen molar-refractivity contribution in [1.29, 1.82) is 0 Å². The first-order chi connectivity index (χ1) is 8.41. The molecule has 1 aromatic heterocycles. The van der Waals surface area contributed by atoms with Gasteiger partial charge in [0.2, 0.25) is 0 Å². The number of fused-ring (bicyclic) bond motifs is 1. The lowest BCUT2D eigenvalue weighted by Gasteiger charge is -2.11. The van der Waals surface area contributed by atoms with Gasteiger partial charge in [-0.05, 0) is 38.0 Å². The standard InChI is InChI=1S/C14H16ClNO2/c1-8(2)16-7-10(6-13(17)18)11-4-5-12(15)9(3)14(11)16/h4-5,7-8H,6H2,1-3H3,(H,17,18). The molecule has 0 aliphatic rings. The highest BCUT2D eigenvalue weighted by molar-refractivity contribution is 6.32. The monoisotopic (exact) mass is 265 g/mol. The van der Waals surface area contributed by atoms with E-state index in [-0.39, 0.29) is 12.5 Å². The lowest BCUT2D eigenvalue weighted by molar-refractivity contribution is -0.136. The van der Waals surface area contributed by atoms with Gasteiger partial charge in [-0.15, -0.1) is 0 Å². The van der Waals surface area contributed by atoms with Crippen LogP contribution in [0, 0.1) is 6.92 Å². The summed E-state index contributed by atoms with van der Waals surface area (Å²) in [6, 6.07) is 4.00. The topological polar surface area (TPSA) is 42.2 Å². The van der Waals surface area contributed by atoms with E-state index in [1.807, 2.05) is 25.3 Å². The number of aromatic nitrogens is 1. The molecule has 0 fully saturated rings. The molecule has 0 spiro atoms. The molecule has 0 amide bonds.